The van der Waals surface area contributed by atoms with Crippen molar-refractivity contribution in [1.82, 2.24) is 0 Å². The molecule has 1 atom stereocenters. The van der Waals surface area contributed by atoms with E-state index in [1.54, 1.807) is 19.1 Å². The van der Waals surface area contributed by atoms with Crippen molar-refractivity contribution in [3.8, 4) is 11.5 Å². The molecule has 0 aromatic heterocycles. The van der Waals surface area contributed by atoms with Gasteiger partial charge in [0.1, 0.15) is 17.3 Å². The standard InChI is InChI=1S/C14H12BrFO2/c1-9(17)13-8-11(16)5-6-14(13)18-12-4-2-3-10(15)7-12/h2-9,17H,1H3. The summed E-state index contributed by atoms with van der Waals surface area (Å²) in [6.45, 7) is 1.57. The number of hydrogen-bond acceptors (Lipinski definition) is 2. The minimum Gasteiger partial charge on any atom is -0.457 e. The number of ether oxygens (including phenoxy) is 1. The van der Waals surface area contributed by atoms with E-state index in [2.05, 4.69) is 15.9 Å². The van der Waals surface area contributed by atoms with E-state index >= 15 is 0 Å². The van der Waals surface area contributed by atoms with Crippen LogP contribution in [0.4, 0.5) is 4.39 Å². The molecule has 1 N–H and O–H groups in total. The fraction of sp³-hybridized carbons (Fsp3) is 0.143. The van der Waals surface area contributed by atoms with Crippen molar-refractivity contribution in [2.75, 3.05) is 0 Å². The lowest BCUT2D eigenvalue weighted by Crippen LogP contribution is -1.97. The van der Waals surface area contributed by atoms with Crippen LogP contribution in [0.5, 0.6) is 11.5 Å². The Hall–Kier alpha value is -1.39. The van der Waals surface area contributed by atoms with E-state index in [1.165, 1.54) is 18.2 Å². The highest BCUT2D eigenvalue weighted by molar-refractivity contribution is 9.10. The maximum Gasteiger partial charge on any atom is 0.133 e. The molecule has 0 aliphatic carbocycles. The molecule has 2 rings (SSSR count). The first kappa shape index (κ1) is 13.1. The van der Waals surface area contributed by atoms with E-state index in [-0.39, 0.29) is 0 Å². The Morgan fingerprint density at radius 1 is 1.22 bits per heavy atom. The van der Waals surface area contributed by atoms with Crippen LogP contribution in [0.3, 0.4) is 0 Å². The number of aliphatic hydroxyl groups excluding tert-OH is 1. The molecule has 0 aliphatic heterocycles. The molecule has 2 aromatic carbocycles. The summed E-state index contributed by atoms with van der Waals surface area (Å²) in [5.41, 5.74) is 0.426. The summed E-state index contributed by atoms with van der Waals surface area (Å²) >= 11 is 3.35. The number of hydrogen-bond donors (Lipinski definition) is 1. The van der Waals surface area contributed by atoms with Gasteiger partial charge in [0.25, 0.3) is 0 Å². The van der Waals surface area contributed by atoms with Gasteiger partial charge in [0, 0.05) is 10.0 Å². The van der Waals surface area contributed by atoms with E-state index in [0.717, 1.165) is 4.47 Å². The SMILES string of the molecule is CC(O)c1cc(F)ccc1Oc1cccc(Br)c1. The van der Waals surface area contributed by atoms with Crippen molar-refractivity contribution in [2.24, 2.45) is 0 Å². The van der Waals surface area contributed by atoms with Gasteiger partial charge >= 0.3 is 0 Å². The van der Waals surface area contributed by atoms with E-state index in [0.29, 0.717) is 17.1 Å². The van der Waals surface area contributed by atoms with Crippen molar-refractivity contribution in [3.05, 3.63) is 58.3 Å². The quantitative estimate of drug-likeness (QED) is 0.908. The van der Waals surface area contributed by atoms with Gasteiger partial charge in [-0.3, -0.25) is 0 Å². The molecule has 1 unspecified atom stereocenters. The van der Waals surface area contributed by atoms with E-state index in [1.807, 2.05) is 12.1 Å². The second-order valence-electron chi connectivity index (χ2n) is 3.92. The lowest BCUT2D eigenvalue weighted by molar-refractivity contribution is 0.195. The summed E-state index contributed by atoms with van der Waals surface area (Å²) in [7, 11) is 0. The molecule has 0 saturated carbocycles. The van der Waals surface area contributed by atoms with Gasteiger partial charge in [-0.15, -0.1) is 0 Å². The van der Waals surface area contributed by atoms with Gasteiger partial charge in [-0.2, -0.15) is 0 Å². The molecule has 0 saturated heterocycles. The van der Waals surface area contributed by atoms with Crippen LogP contribution < -0.4 is 4.74 Å². The minimum atomic E-state index is -0.789. The first-order chi connectivity index (χ1) is 8.56. The highest BCUT2D eigenvalue weighted by Crippen LogP contribution is 2.31. The van der Waals surface area contributed by atoms with Gasteiger partial charge in [0.05, 0.1) is 6.10 Å². The normalized spacial score (nSPS) is 12.2. The molecule has 18 heavy (non-hydrogen) atoms. The fourth-order valence-electron chi connectivity index (χ4n) is 1.60. The number of halogens is 2. The summed E-state index contributed by atoms with van der Waals surface area (Å²) in [5.74, 6) is 0.676. The van der Waals surface area contributed by atoms with Crippen molar-refractivity contribution >= 4 is 15.9 Å². The van der Waals surface area contributed by atoms with Gasteiger partial charge < -0.3 is 9.84 Å². The molecule has 94 valence electrons. The zero-order valence-corrected chi connectivity index (χ0v) is 11.3. The van der Waals surface area contributed by atoms with Crippen LogP contribution in [-0.4, -0.2) is 5.11 Å². The number of aliphatic hydroxyl groups is 1. The third-order valence-corrected chi connectivity index (χ3v) is 2.94. The molecular weight excluding hydrogens is 299 g/mol. The molecule has 0 spiro atoms. The largest absolute Gasteiger partial charge is 0.457 e. The predicted molar refractivity (Wildman–Crippen MR) is 71.2 cm³/mol. The summed E-state index contributed by atoms with van der Waals surface area (Å²) in [6.07, 6.45) is -0.789. The lowest BCUT2D eigenvalue weighted by Gasteiger charge is -2.13. The highest BCUT2D eigenvalue weighted by Gasteiger charge is 2.11. The van der Waals surface area contributed by atoms with Crippen molar-refractivity contribution < 1.29 is 14.2 Å². The van der Waals surface area contributed by atoms with Gasteiger partial charge in [-0.25, -0.2) is 4.39 Å². The van der Waals surface area contributed by atoms with Crippen molar-refractivity contribution in [2.45, 2.75) is 13.0 Å². The molecule has 0 bridgehead atoms. The van der Waals surface area contributed by atoms with Crippen molar-refractivity contribution in [1.29, 1.82) is 0 Å². The minimum absolute atomic E-state index is 0.396. The lowest BCUT2D eigenvalue weighted by atomic mass is 10.1. The Balaban J connectivity index is 2.34. The first-order valence-corrected chi connectivity index (χ1v) is 6.26. The van der Waals surface area contributed by atoms with Crippen LogP contribution in [0.2, 0.25) is 0 Å². The van der Waals surface area contributed by atoms with Crippen LogP contribution in [-0.2, 0) is 0 Å². The number of rotatable bonds is 3. The molecule has 2 aromatic rings. The third-order valence-electron chi connectivity index (χ3n) is 2.45. The molecular formula is C14H12BrFO2. The molecule has 0 aliphatic rings. The monoisotopic (exact) mass is 310 g/mol. The maximum absolute atomic E-state index is 13.1. The van der Waals surface area contributed by atoms with Crippen molar-refractivity contribution in [3.63, 3.8) is 0 Å². The van der Waals surface area contributed by atoms with Gasteiger partial charge in [-0.1, -0.05) is 22.0 Å². The Morgan fingerprint density at radius 2 is 2.00 bits per heavy atom. The van der Waals surface area contributed by atoms with E-state index < -0.39 is 11.9 Å². The molecule has 2 nitrogen and oxygen atoms in total. The van der Waals surface area contributed by atoms with Crippen LogP contribution >= 0.6 is 15.9 Å². The Labute approximate surface area is 113 Å². The second-order valence-corrected chi connectivity index (χ2v) is 4.83. The van der Waals surface area contributed by atoms with Crippen LogP contribution in [0, 0.1) is 5.82 Å². The first-order valence-electron chi connectivity index (χ1n) is 5.47. The van der Waals surface area contributed by atoms with Gasteiger partial charge in [0.2, 0.25) is 0 Å². The smallest absolute Gasteiger partial charge is 0.133 e. The van der Waals surface area contributed by atoms with Crippen LogP contribution in [0.15, 0.2) is 46.9 Å². The third kappa shape index (κ3) is 3.09. The maximum atomic E-state index is 13.1. The molecule has 0 fully saturated rings. The summed E-state index contributed by atoms with van der Waals surface area (Å²) in [6, 6.07) is 11.4. The van der Waals surface area contributed by atoms with Crippen LogP contribution in [0.25, 0.3) is 0 Å². The fourth-order valence-corrected chi connectivity index (χ4v) is 1.97. The zero-order valence-electron chi connectivity index (χ0n) is 9.73. The van der Waals surface area contributed by atoms with Gasteiger partial charge in [-0.05, 0) is 43.3 Å². The summed E-state index contributed by atoms with van der Waals surface area (Å²) < 4.78 is 19.7. The number of benzene rings is 2. The topological polar surface area (TPSA) is 29.5 Å². The zero-order chi connectivity index (χ0) is 13.1. The average Bonchev–Trinajstić information content (AvgIpc) is 2.31. The summed E-state index contributed by atoms with van der Waals surface area (Å²) in [5, 5.41) is 9.61. The van der Waals surface area contributed by atoms with Gasteiger partial charge in [0.15, 0.2) is 0 Å². The molecule has 0 heterocycles. The predicted octanol–water partition coefficient (Wildman–Crippen LogP) is 4.43. The van der Waals surface area contributed by atoms with E-state index in [9.17, 15) is 9.50 Å². The van der Waals surface area contributed by atoms with Crippen LogP contribution in [0.1, 0.15) is 18.6 Å². The van der Waals surface area contributed by atoms with E-state index in [4.69, 9.17) is 4.74 Å². The Morgan fingerprint density at radius 3 is 2.67 bits per heavy atom. The Kier molecular flexibility index (Phi) is 3.99. The molecule has 0 radical (unpaired) electrons. The second kappa shape index (κ2) is 5.50. The Bertz CT molecular complexity index is 555. The molecule has 4 heteroatoms. The molecule has 0 amide bonds. The average molecular weight is 311 g/mol. The summed E-state index contributed by atoms with van der Waals surface area (Å²) in [4.78, 5) is 0. The highest BCUT2D eigenvalue weighted by atomic mass is 79.9.